The molecule has 0 aliphatic carbocycles. The van der Waals surface area contributed by atoms with E-state index in [1.807, 2.05) is 6.92 Å². The highest BCUT2D eigenvalue weighted by Gasteiger charge is 2.37. The molecule has 2 aromatic heterocycles. The highest BCUT2D eigenvalue weighted by atomic mass is 19.4. The lowest BCUT2D eigenvalue weighted by molar-refractivity contribution is -0.146. The summed E-state index contributed by atoms with van der Waals surface area (Å²) < 4.78 is 66.6. The molecular weight excluding hydrogens is 357 g/mol. The molecule has 3 rings (SSSR count). The standard InChI is InChI=1S/C16H14F5N5/c1-2-3-12(10-5-4-9(17)8-11(10)18)22-13-6-7-14-23-24-15(16(19,20)21)26(14)25-13/h4-8,12H,2-3H2,1H3,(H,22,25). The van der Waals surface area contributed by atoms with Crippen LogP contribution in [0.15, 0.2) is 30.3 Å². The predicted octanol–water partition coefficient (Wildman–Crippen LogP) is 4.37. The summed E-state index contributed by atoms with van der Waals surface area (Å²) in [4.78, 5) is 0. The topological polar surface area (TPSA) is 55.1 Å². The summed E-state index contributed by atoms with van der Waals surface area (Å²) in [5, 5.41) is 13.3. The number of aromatic nitrogens is 4. The quantitative estimate of drug-likeness (QED) is 0.677. The molecule has 0 bridgehead atoms. The first-order valence-electron chi connectivity index (χ1n) is 7.80. The van der Waals surface area contributed by atoms with Crippen LogP contribution < -0.4 is 5.32 Å². The van der Waals surface area contributed by atoms with E-state index in [1.165, 1.54) is 18.2 Å². The zero-order valence-electron chi connectivity index (χ0n) is 13.6. The highest BCUT2D eigenvalue weighted by molar-refractivity contribution is 5.45. The molecule has 1 unspecified atom stereocenters. The number of benzene rings is 1. The summed E-state index contributed by atoms with van der Waals surface area (Å²) in [6.45, 7) is 1.87. The van der Waals surface area contributed by atoms with Gasteiger partial charge < -0.3 is 5.32 Å². The smallest absolute Gasteiger partial charge is 0.362 e. The maximum absolute atomic E-state index is 14.1. The van der Waals surface area contributed by atoms with Crippen LogP contribution in [0.25, 0.3) is 5.65 Å². The van der Waals surface area contributed by atoms with Crippen LogP contribution in [0.1, 0.15) is 37.2 Å². The van der Waals surface area contributed by atoms with Crippen LogP contribution in [0.5, 0.6) is 0 Å². The highest BCUT2D eigenvalue weighted by Crippen LogP contribution is 2.29. The Labute approximate surface area is 144 Å². The van der Waals surface area contributed by atoms with E-state index in [0.717, 1.165) is 12.1 Å². The van der Waals surface area contributed by atoms with Crippen molar-refractivity contribution in [3.63, 3.8) is 0 Å². The van der Waals surface area contributed by atoms with Gasteiger partial charge in [0.15, 0.2) is 5.65 Å². The van der Waals surface area contributed by atoms with Gasteiger partial charge in [-0.2, -0.15) is 17.7 Å². The molecule has 0 radical (unpaired) electrons. The number of nitrogens with one attached hydrogen (secondary N) is 1. The first kappa shape index (κ1) is 18.0. The monoisotopic (exact) mass is 371 g/mol. The molecule has 2 heterocycles. The van der Waals surface area contributed by atoms with E-state index < -0.39 is 29.7 Å². The maximum atomic E-state index is 14.1. The van der Waals surface area contributed by atoms with Gasteiger partial charge in [-0.25, -0.2) is 8.78 Å². The molecule has 0 aliphatic heterocycles. The molecule has 0 spiro atoms. The third kappa shape index (κ3) is 3.58. The van der Waals surface area contributed by atoms with E-state index >= 15 is 0 Å². The fourth-order valence-electron chi connectivity index (χ4n) is 2.60. The van der Waals surface area contributed by atoms with Crippen LogP contribution in [0.4, 0.5) is 27.8 Å². The van der Waals surface area contributed by atoms with Gasteiger partial charge in [-0.15, -0.1) is 15.3 Å². The van der Waals surface area contributed by atoms with Crippen molar-refractivity contribution in [2.24, 2.45) is 0 Å². The molecule has 138 valence electrons. The average Bonchev–Trinajstić information content (AvgIpc) is 2.98. The Balaban J connectivity index is 1.96. The zero-order chi connectivity index (χ0) is 18.9. The van der Waals surface area contributed by atoms with Gasteiger partial charge in [0.1, 0.15) is 17.5 Å². The van der Waals surface area contributed by atoms with Crippen molar-refractivity contribution in [1.29, 1.82) is 0 Å². The van der Waals surface area contributed by atoms with E-state index in [2.05, 4.69) is 20.6 Å². The van der Waals surface area contributed by atoms with Gasteiger partial charge in [-0.1, -0.05) is 19.4 Å². The van der Waals surface area contributed by atoms with E-state index in [4.69, 9.17) is 0 Å². The first-order valence-corrected chi connectivity index (χ1v) is 7.80. The SMILES string of the molecule is CCCC(Nc1ccc2nnc(C(F)(F)F)n2n1)c1ccc(F)cc1F. The second-order valence-electron chi connectivity index (χ2n) is 5.66. The van der Waals surface area contributed by atoms with Crippen molar-refractivity contribution in [2.45, 2.75) is 32.0 Å². The van der Waals surface area contributed by atoms with E-state index in [9.17, 15) is 22.0 Å². The molecular formula is C16H14F5N5. The summed E-state index contributed by atoms with van der Waals surface area (Å²) in [5.41, 5.74) is 0.137. The molecule has 10 heteroatoms. The van der Waals surface area contributed by atoms with Crippen molar-refractivity contribution in [1.82, 2.24) is 19.8 Å². The summed E-state index contributed by atoms with van der Waals surface area (Å²) in [7, 11) is 0. The fraction of sp³-hybridized carbons (Fsp3) is 0.312. The van der Waals surface area contributed by atoms with Crippen molar-refractivity contribution >= 4 is 11.5 Å². The molecule has 3 aromatic rings. The Hall–Kier alpha value is -2.78. The van der Waals surface area contributed by atoms with Gasteiger partial charge in [0.05, 0.1) is 6.04 Å². The van der Waals surface area contributed by atoms with Gasteiger partial charge in [-0.05, 0) is 24.6 Å². The molecule has 0 amide bonds. The lowest BCUT2D eigenvalue weighted by Gasteiger charge is -2.20. The van der Waals surface area contributed by atoms with E-state index in [1.54, 1.807) is 0 Å². The summed E-state index contributed by atoms with van der Waals surface area (Å²) in [5.74, 6) is -2.61. The van der Waals surface area contributed by atoms with Crippen molar-refractivity contribution in [3.05, 3.63) is 53.4 Å². The van der Waals surface area contributed by atoms with Crippen LogP contribution in [0.2, 0.25) is 0 Å². The summed E-state index contributed by atoms with van der Waals surface area (Å²) in [6, 6.07) is 5.35. The lowest BCUT2D eigenvalue weighted by Crippen LogP contribution is -2.16. The molecule has 26 heavy (non-hydrogen) atoms. The number of hydrogen-bond acceptors (Lipinski definition) is 4. The second-order valence-corrected chi connectivity index (χ2v) is 5.66. The van der Waals surface area contributed by atoms with Crippen molar-refractivity contribution in [3.8, 4) is 0 Å². The molecule has 1 atom stereocenters. The Kier molecular flexibility index (Phi) is 4.75. The van der Waals surface area contributed by atoms with Gasteiger partial charge >= 0.3 is 6.18 Å². The minimum absolute atomic E-state index is 0.0668. The largest absolute Gasteiger partial charge is 0.453 e. The second kappa shape index (κ2) is 6.85. The molecule has 1 aromatic carbocycles. The van der Waals surface area contributed by atoms with Gasteiger partial charge in [0.2, 0.25) is 0 Å². The minimum atomic E-state index is -4.71. The lowest BCUT2D eigenvalue weighted by atomic mass is 10.0. The normalized spacial score (nSPS) is 13.2. The summed E-state index contributed by atoms with van der Waals surface area (Å²) in [6.07, 6.45) is -3.58. The Morgan fingerprint density at radius 3 is 2.54 bits per heavy atom. The van der Waals surface area contributed by atoms with Crippen LogP contribution in [0.3, 0.4) is 0 Å². The number of fused-ring (bicyclic) bond motifs is 1. The Bertz CT molecular complexity index is 921. The van der Waals surface area contributed by atoms with Crippen LogP contribution in [0, 0.1) is 11.6 Å². The number of hydrogen-bond donors (Lipinski definition) is 1. The first-order chi connectivity index (χ1) is 12.3. The summed E-state index contributed by atoms with van der Waals surface area (Å²) >= 11 is 0. The maximum Gasteiger partial charge on any atom is 0.453 e. The number of alkyl halides is 3. The zero-order valence-corrected chi connectivity index (χ0v) is 13.6. The molecule has 0 saturated heterocycles. The molecule has 1 N–H and O–H groups in total. The minimum Gasteiger partial charge on any atom is -0.362 e. The van der Waals surface area contributed by atoms with E-state index in [0.29, 0.717) is 17.4 Å². The van der Waals surface area contributed by atoms with Crippen LogP contribution >= 0.6 is 0 Å². The molecule has 0 aliphatic rings. The van der Waals surface area contributed by atoms with Crippen LogP contribution in [-0.4, -0.2) is 19.8 Å². The molecule has 5 nitrogen and oxygen atoms in total. The van der Waals surface area contributed by atoms with E-state index in [-0.39, 0.29) is 17.0 Å². The molecule has 0 fully saturated rings. The van der Waals surface area contributed by atoms with Crippen molar-refractivity contribution in [2.75, 3.05) is 5.32 Å². The number of nitrogens with zero attached hydrogens (tertiary/aromatic N) is 4. The van der Waals surface area contributed by atoms with Crippen molar-refractivity contribution < 1.29 is 22.0 Å². The number of rotatable bonds is 5. The van der Waals surface area contributed by atoms with Crippen LogP contribution in [-0.2, 0) is 6.18 Å². The average molecular weight is 371 g/mol. The predicted molar refractivity (Wildman–Crippen MR) is 83.4 cm³/mol. The molecule has 0 saturated carbocycles. The number of anilines is 1. The fourth-order valence-corrected chi connectivity index (χ4v) is 2.60. The number of halogens is 5. The van der Waals surface area contributed by atoms with Gasteiger partial charge in [-0.3, -0.25) is 0 Å². The third-order valence-corrected chi connectivity index (χ3v) is 3.75. The Morgan fingerprint density at radius 1 is 1.12 bits per heavy atom. The third-order valence-electron chi connectivity index (χ3n) is 3.75. The van der Waals surface area contributed by atoms with Gasteiger partial charge in [0, 0.05) is 11.6 Å². The Morgan fingerprint density at radius 2 is 1.88 bits per heavy atom. The van der Waals surface area contributed by atoms with Gasteiger partial charge in [0.25, 0.3) is 5.82 Å².